The van der Waals surface area contributed by atoms with Crippen LogP contribution in [0.4, 0.5) is 0 Å². The van der Waals surface area contributed by atoms with Gasteiger partial charge in [-0.2, -0.15) is 0 Å². The van der Waals surface area contributed by atoms with E-state index in [1.54, 1.807) is 0 Å². The minimum atomic E-state index is 0.253. The number of rotatable bonds is 6. The molecular weight excluding hydrogens is 226 g/mol. The van der Waals surface area contributed by atoms with Gasteiger partial charge in [-0.15, -0.1) is 0 Å². The van der Waals surface area contributed by atoms with Crippen molar-refractivity contribution in [3.05, 3.63) is 0 Å². The smallest absolute Gasteiger partial charge is 0.220 e. The Morgan fingerprint density at radius 1 is 1.22 bits per heavy atom. The first-order valence-electron chi connectivity index (χ1n) is 7.54. The molecule has 18 heavy (non-hydrogen) atoms. The summed E-state index contributed by atoms with van der Waals surface area (Å²) in [7, 11) is 0. The van der Waals surface area contributed by atoms with Gasteiger partial charge in [-0.25, -0.2) is 0 Å². The first kappa shape index (κ1) is 13.8. The van der Waals surface area contributed by atoms with Crippen molar-refractivity contribution >= 4 is 5.91 Å². The van der Waals surface area contributed by atoms with Gasteiger partial charge in [0, 0.05) is 13.0 Å². The average molecular weight is 253 g/mol. The van der Waals surface area contributed by atoms with Crippen molar-refractivity contribution < 1.29 is 4.79 Å². The molecule has 0 bridgehead atoms. The van der Waals surface area contributed by atoms with Gasteiger partial charge in [0.25, 0.3) is 0 Å². The molecule has 2 heterocycles. The maximum Gasteiger partial charge on any atom is 0.220 e. The Morgan fingerprint density at radius 2 is 1.94 bits per heavy atom. The van der Waals surface area contributed by atoms with E-state index in [1.165, 1.54) is 25.9 Å². The molecule has 0 aliphatic carbocycles. The first-order valence-corrected chi connectivity index (χ1v) is 7.54. The van der Waals surface area contributed by atoms with E-state index in [4.69, 9.17) is 0 Å². The zero-order valence-corrected chi connectivity index (χ0v) is 11.4. The molecule has 0 aromatic heterocycles. The third kappa shape index (κ3) is 4.94. The normalized spacial score (nSPS) is 22.2. The molecule has 4 nitrogen and oxygen atoms in total. The summed E-state index contributed by atoms with van der Waals surface area (Å²) in [6, 6.07) is 0. The Labute approximate surface area is 110 Å². The number of nitrogens with one attached hydrogen (secondary N) is 2. The molecule has 0 aromatic rings. The van der Waals surface area contributed by atoms with Gasteiger partial charge >= 0.3 is 0 Å². The maximum absolute atomic E-state index is 11.8. The Bertz CT molecular complexity index is 245. The van der Waals surface area contributed by atoms with Crippen LogP contribution in [0.2, 0.25) is 0 Å². The SMILES string of the molecule is O=C(CC1CCNCC1)NCCCN1CCCC1. The zero-order valence-electron chi connectivity index (χ0n) is 11.4. The van der Waals surface area contributed by atoms with Crippen LogP contribution in [0, 0.1) is 5.92 Å². The molecule has 0 radical (unpaired) electrons. The van der Waals surface area contributed by atoms with Crippen molar-refractivity contribution in [3.8, 4) is 0 Å². The van der Waals surface area contributed by atoms with Gasteiger partial charge in [0.15, 0.2) is 0 Å². The molecule has 1 amide bonds. The van der Waals surface area contributed by atoms with E-state index in [0.29, 0.717) is 5.92 Å². The summed E-state index contributed by atoms with van der Waals surface area (Å²) in [5.74, 6) is 0.855. The van der Waals surface area contributed by atoms with Crippen LogP contribution in [0.1, 0.15) is 38.5 Å². The van der Waals surface area contributed by atoms with E-state index >= 15 is 0 Å². The lowest BCUT2D eigenvalue weighted by molar-refractivity contribution is -0.122. The maximum atomic E-state index is 11.8. The summed E-state index contributed by atoms with van der Waals surface area (Å²) in [6.45, 7) is 6.65. The second kappa shape index (κ2) is 7.74. The summed E-state index contributed by atoms with van der Waals surface area (Å²) < 4.78 is 0. The highest BCUT2D eigenvalue weighted by molar-refractivity contribution is 5.76. The monoisotopic (exact) mass is 253 g/mol. The van der Waals surface area contributed by atoms with E-state index in [-0.39, 0.29) is 5.91 Å². The van der Waals surface area contributed by atoms with Crippen molar-refractivity contribution in [2.75, 3.05) is 39.3 Å². The molecule has 0 saturated carbocycles. The second-order valence-electron chi connectivity index (χ2n) is 5.65. The first-order chi connectivity index (χ1) is 8.84. The number of carbonyl (C=O) groups is 1. The molecule has 2 N–H and O–H groups in total. The largest absolute Gasteiger partial charge is 0.356 e. The molecular formula is C14H27N3O. The van der Waals surface area contributed by atoms with E-state index in [9.17, 15) is 4.79 Å². The van der Waals surface area contributed by atoms with Crippen LogP contribution in [0.5, 0.6) is 0 Å². The lowest BCUT2D eigenvalue weighted by Gasteiger charge is -2.22. The van der Waals surface area contributed by atoms with Crippen LogP contribution >= 0.6 is 0 Å². The molecule has 0 aromatic carbocycles. The Morgan fingerprint density at radius 3 is 2.67 bits per heavy atom. The fraction of sp³-hybridized carbons (Fsp3) is 0.929. The molecule has 0 unspecified atom stereocenters. The number of hydrogen-bond acceptors (Lipinski definition) is 3. The Balaban J connectivity index is 1.48. The molecule has 0 spiro atoms. The van der Waals surface area contributed by atoms with Crippen LogP contribution in [0.15, 0.2) is 0 Å². The molecule has 104 valence electrons. The Hall–Kier alpha value is -0.610. The highest BCUT2D eigenvalue weighted by Gasteiger charge is 2.16. The van der Waals surface area contributed by atoms with E-state index in [0.717, 1.165) is 51.9 Å². The highest BCUT2D eigenvalue weighted by Crippen LogP contribution is 2.15. The number of carbonyl (C=O) groups excluding carboxylic acids is 1. The van der Waals surface area contributed by atoms with Gasteiger partial charge in [-0.3, -0.25) is 4.79 Å². The van der Waals surface area contributed by atoms with Gasteiger partial charge in [0.05, 0.1) is 0 Å². The van der Waals surface area contributed by atoms with Crippen LogP contribution in [-0.4, -0.2) is 50.1 Å². The molecule has 0 atom stereocenters. The third-order valence-electron chi connectivity index (χ3n) is 4.10. The summed E-state index contributed by atoms with van der Waals surface area (Å²) in [5.41, 5.74) is 0. The van der Waals surface area contributed by atoms with Crippen LogP contribution < -0.4 is 10.6 Å². The topological polar surface area (TPSA) is 44.4 Å². The van der Waals surface area contributed by atoms with Gasteiger partial charge in [0.2, 0.25) is 5.91 Å². The fourth-order valence-electron chi connectivity index (χ4n) is 2.96. The molecule has 2 fully saturated rings. The predicted molar refractivity (Wildman–Crippen MR) is 73.5 cm³/mol. The minimum absolute atomic E-state index is 0.253. The Kier molecular flexibility index (Phi) is 5.94. The van der Waals surface area contributed by atoms with Crippen molar-refractivity contribution in [3.63, 3.8) is 0 Å². The molecule has 2 saturated heterocycles. The minimum Gasteiger partial charge on any atom is -0.356 e. The van der Waals surface area contributed by atoms with Crippen molar-refractivity contribution in [2.24, 2.45) is 5.92 Å². The number of likely N-dealkylation sites (tertiary alicyclic amines) is 1. The van der Waals surface area contributed by atoms with Gasteiger partial charge in [-0.1, -0.05) is 0 Å². The lowest BCUT2D eigenvalue weighted by Crippen LogP contribution is -2.33. The number of amides is 1. The highest BCUT2D eigenvalue weighted by atomic mass is 16.1. The van der Waals surface area contributed by atoms with Crippen molar-refractivity contribution in [1.82, 2.24) is 15.5 Å². The van der Waals surface area contributed by atoms with Crippen LogP contribution in [0.3, 0.4) is 0 Å². The number of nitrogens with zero attached hydrogens (tertiary/aromatic N) is 1. The summed E-state index contributed by atoms with van der Waals surface area (Å²) in [4.78, 5) is 14.3. The second-order valence-corrected chi connectivity index (χ2v) is 5.65. The van der Waals surface area contributed by atoms with Crippen LogP contribution in [0.25, 0.3) is 0 Å². The van der Waals surface area contributed by atoms with E-state index < -0.39 is 0 Å². The van der Waals surface area contributed by atoms with Gasteiger partial charge in [-0.05, 0) is 70.7 Å². The molecule has 2 aliphatic rings. The number of hydrogen-bond donors (Lipinski definition) is 2. The summed E-state index contributed by atoms with van der Waals surface area (Å²) in [5, 5.41) is 6.40. The fourth-order valence-corrected chi connectivity index (χ4v) is 2.96. The number of piperidine rings is 1. The van der Waals surface area contributed by atoms with Crippen molar-refractivity contribution in [1.29, 1.82) is 0 Å². The summed E-state index contributed by atoms with van der Waals surface area (Å²) in [6.07, 6.45) is 6.83. The van der Waals surface area contributed by atoms with Gasteiger partial charge < -0.3 is 15.5 Å². The predicted octanol–water partition coefficient (Wildman–Crippen LogP) is 0.978. The van der Waals surface area contributed by atoms with E-state index in [2.05, 4.69) is 15.5 Å². The standard InChI is InChI=1S/C14H27N3O/c18-14(12-13-4-7-15-8-5-13)16-6-3-11-17-9-1-2-10-17/h13,15H,1-12H2,(H,16,18). The molecule has 4 heteroatoms. The molecule has 2 rings (SSSR count). The lowest BCUT2D eigenvalue weighted by atomic mass is 9.94. The average Bonchev–Trinajstić information content (AvgIpc) is 2.89. The van der Waals surface area contributed by atoms with Gasteiger partial charge in [0.1, 0.15) is 0 Å². The van der Waals surface area contributed by atoms with E-state index in [1.807, 2.05) is 0 Å². The van der Waals surface area contributed by atoms with Crippen molar-refractivity contribution in [2.45, 2.75) is 38.5 Å². The molecule has 2 aliphatic heterocycles. The van der Waals surface area contributed by atoms with Crippen LogP contribution in [-0.2, 0) is 4.79 Å². The quantitative estimate of drug-likeness (QED) is 0.694. The summed E-state index contributed by atoms with van der Waals surface area (Å²) >= 11 is 0. The zero-order chi connectivity index (χ0) is 12.6. The third-order valence-corrected chi connectivity index (χ3v) is 4.10.